The molecule has 0 unspecified atom stereocenters. The smallest absolute Gasteiger partial charge is 0.308 e. The number of urea groups is 1. The fourth-order valence-electron chi connectivity index (χ4n) is 2.62. The highest BCUT2D eigenvalue weighted by Crippen LogP contribution is 2.21. The number of halogens is 1. The lowest BCUT2D eigenvalue weighted by molar-refractivity contribution is 0.262. The summed E-state index contributed by atoms with van der Waals surface area (Å²) in [6.07, 6.45) is 3.90. The van der Waals surface area contributed by atoms with E-state index in [1.54, 1.807) is 0 Å². The number of carbonyl (C=O) groups is 1. The number of carbonyl (C=O) groups excluding carboxylic acids is 1. The Morgan fingerprint density at radius 2 is 1.54 bits per heavy atom. The molecule has 0 saturated heterocycles. The molecule has 0 radical (unpaired) electrons. The summed E-state index contributed by atoms with van der Waals surface area (Å²) in [4.78, 5) is 16.6. The first-order valence-electron chi connectivity index (χ1n) is 8.05. The number of nitrogens with one attached hydrogen (secondary N) is 2. The highest BCUT2D eigenvalue weighted by atomic mass is 19.1. The average Bonchev–Trinajstić information content (AvgIpc) is 3.08. The number of nitrogens with zero attached hydrogens (tertiary/aromatic N) is 2. The van der Waals surface area contributed by atoms with E-state index >= 15 is 0 Å². The molecule has 6 heteroatoms. The van der Waals surface area contributed by atoms with Crippen molar-refractivity contribution in [3.05, 3.63) is 84.9 Å². The van der Waals surface area contributed by atoms with Crippen molar-refractivity contribution in [2.45, 2.75) is 0 Å². The van der Waals surface area contributed by atoms with Crippen LogP contribution in [-0.4, -0.2) is 15.4 Å². The van der Waals surface area contributed by atoms with Crippen molar-refractivity contribution in [2.75, 3.05) is 10.6 Å². The van der Waals surface area contributed by atoms with E-state index in [9.17, 15) is 9.18 Å². The van der Waals surface area contributed by atoms with Crippen LogP contribution in [0.25, 0.3) is 16.9 Å². The van der Waals surface area contributed by atoms with Gasteiger partial charge in [-0.3, -0.25) is 0 Å². The Kier molecular flexibility index (Phi) is 4.07. The van der Waals surface area contributed by atoms with E-state index in [4.69, 9.17) is 0 Å². The van der Waals surface area contributed by atoms with E-state index in [0.29, 0.717) is 11.4 Å². The topological polar surface area (TPSA) is 58.4 Å². The number of hydrogen-bond acceptors (Lipinski definition) is 2. The van der Waals surface area contributed by atoms with Gasteiger partial charge in [0.05, 0.1) is 5.69 Å². The molecule has 2 aromatic heterocycles. The van der Waals surface area contributed by atoms with Gasteiger partial charge in [-0.2, -0.15) is 0 Å². The number of amides is 2. The van der Waals surface area contributed by atoms with Crippen molar-refractivity contribution < 1.29 is 9.18 Å². The predicted molar refractivity (Wildman–Crippen MR) is 99.7 cm³/mol. The summed E-state index contributed by atoms with van der Waals surface area (Å²) in [5.41, 5.74) is 3.86. The molecule has 128 valence electrons. The van der Waals surface area contributed by atoms with Gasteiger partial charge in [-0.1, -0.05) is 18.2 Å². The summed E-state index contributed by atoms with van der Waals surface area (Å²) in [6, 6.07) is 18.4. The monoisotopic (exact) mass is 346 g/mol. The van der Waals surface area contributed by atoms with Gasteiger partial charge in [-0.05, 0) is 48.5 Å². The summed E-state index contributed by atoms with van der Waals surface area (Å²) in [7, 11) is 0. The molecule has 0 aliphatic carbocycles. The second-order valence-corrected chi connectivity index (χ2v) is 5.76. The summed E-state index contributed by atoms with van der Waals surface area (Å²) in [5, 5.41) is 5.39. The molecule has 2 amide bonds. The van der Waals surface area contributed by atoms with Crippen LogP contribution in [-0.2, 0) is 0 Å². The summed E-state index contributed by atoms with van der Waals surface area (Å²) >= 11 is 0. The zero-order valence-electron chi connectivity index (χ0n) is 13.7. The summed E-state index contributed by atoms with van der Waals surface area (Å²) in [5.74, 6) is -0.349. The van der Waals surface area contributed by atoms with Gasteiger partial charge in [-0.15, -0.1) is 0 Å². The Labute approximate surface area is 149 Å². The second-order valence-electron chi connectivity index (χ2n) is 5.76. The quantitative estimate of drug-likeness (QED) is 0.561. The predicted octanol–water partition coefficient (Wildman–Crippen LogP) is 4.78. The fraction of sp³-hybridized carbons (Fsp3) is 0. The summed E-state index contributed by atoms with van der Waals surface area (Å²) < 4.78 is 14.8. The number of anilines is 2. The van der Waals surface area contributed by atoms with Crippen LogP contribution in [0.2, 0.25) is 0 Å². The van der Waals surface area contributed by atoms with Crippen LogP contribution in [0.5, 0.6) is 0 Å². The maximum Gasteiger partial charge on any atom is 0.323 e. The average molecular weight is 346 g/mol. The van der Waals surface area contributed by atoms with Gasteiger partial charge < -0.3 is 15.0 Å². The normalized spacial score (nSPS) is 10.7. The van der Waals surface area contributed by atoms with Gasteiger partial charge in [-0.25, -0.2) is 14.2 Å². The molecule has 0 saturated carbocycles. The SMILES string of the molecule is O=C(Nc1ccc(F)cc1)Nc1ccc(-c2cn3ccccc3n2)cc1. The Morgan fingerprint density at radius 1 is 0.885 bits per heavy atom. The van der Waals surface area contributed by atoms with Crippen LogP contribution in [0.1, 0.15) is 0 Å². The largest absolute Gasteiger partial charge is 0.323 e. The van der Waals surface area contributed by atoms with Crippen LogP contribution in [0.15, 0.2) is 79.1 Å². The number of aromatic nitrogens is 2. The third-order valence-electron chi connectivity index (χ3n) is 3.90. The number of pyridine rings is 1. The van der Waals surface area contributed by atoms with Crippen LogP contribution < -0.4 is 10.6 Å². The standard InChI is InChI=1S/C20H15FN4O/c21-15-6-10-17(11-7-15)23-20(26)22-16-8-4-14(5-9-16)18-13-25-12-2-1-3-19(25)24-18/h1-13H,(H2,22,23,26). The van der Waals surface area contributed by atoms with E-state index in [1.165, 1.54) is 24.3 Å². The van der Waals surface area contributed by atoms with Crippen LogP contribution >= 0.6 is 0 Å². The third kappa shape index (κ3) is 3.39. The number of rotatable bonds is 3. The van der Waals surface area contributed by atoms with E-state index in [-0.39, 0.29) is 5.82 Å². The molecule has 4 rings (SSSR count). The summed E-state index contributed by atoms with van der Waals surface area (Å²) in [6.45, 7) is 0. The number of hydrogen-bond donors (Lipinski definition) is 2. The highest BCUT2D eigenvalue weighted by Gasteiger charge is 2.06. The van der Waals surface area contributed by atoms with Crippen molar-refractivity contribution in [1.29, 1.82) is 0 Å². The molecule has 0 aliphatic heterocycles. The number of fused-ring (bicyclic) bond motifs is 1. The molecular formula is C20H15FN4O. The van der Waals surface area contributed by atoms with Crippen molar-refractivity contribution in [3.8, 4) is 11.3 Å². The molecule has 0 spiro atoms. The molecule has 5 nitrogen and oxygen atoms in total. The molecule has 0 aliphatic rings. The Bertz CT molecular complexity index is 1020. The van der Waals surface area contributed by atoms with E-state index in [1.807, 2.05) is 59.3 Å². The second kappa shape index (κ2) is 6.68. The molecular weight excluding hydrogens is 331 g/mol. The number of benzene rings is 2. The maximum absolute atomic E-state index is 12.9. The Morgan fingerprint density at radius 3 is 2.19 bits per heavy atom. The minimum absolute atomic E-state index is 0.349. The highest BCUT2D eigenvalue weighted by molar-refractivity contribution is 5.99. The zero-order chi connectivity index (χ0) is 17.9. The lowest BCUT2D eigenvalue weighted by Gasteiger charge is -2.08. The Hall–Kier alpha value is -3.67. The minimum Gasteiger partial charge on any atom is -0.308 e. The van der Waals surface area contributed by atoms with Crippen LogP contribution in [0, 0.1) is 5.82 Å². The molecule has 4 aromatic rings. The van der Waals surface area contributed by atoms with Crippen molar-refractivity contribution in [2.24, 2.45) is 0 Å². The molecule has 2 heterocycles. The lowest BCUT2D eigenvalue weighted by atomic mass is 10.1. The van der Waals surface area contributed by atoms with Gasteiger partial charge >= 0.3 is 6.03 Å². The molecule has 2 N–H and O–H groups in total. The van der Waals surface area contributed by atoms with Crippen LogP contribution in [0.3, 0.4) is 0 Å². The van der Waals surface area contributed by atoms with Gasteiger partial charge in [0, 0.05) is 29.3 Å². The van der Waals surface area contributed by atoms with Crippen molar-refractivity contribution >= 4 is 23.1 Å². The zero-order valence-corrected chi connectivity index (χ0v) is 13.7. The Balaban J connectivity index is 1.45. The van der Waals surface area contributed by atoms with Gasteiger partial charge in [0.2, 0.25) is 0 Å². The molecule has 2 aromatic carbocycles. The number of imidazole rings is 1. The lowest BCUT2D eigenvalue weighted by Crippen LogP contribution is -2.19. The van der Waals surface area contributed by atoms with E-state index < -0.39 is 6.03 Å². The van der Waals surface area contributed by atoms with Crippen molar-refractivity contribution in [3.63, 3.8) is 0 Å². The van der Waals surface area contributed by atoms with Crippen LogP contribution in [0.4, 0.5) is 20.6 Å². The minimum atomic E-state index is -0.392. The molecule has 0 bridgehead atoms. The van der Waals surface area contributed by atoms with Crippen molar-refractivity contribution in [1.82, 2.24) is 9.38 Å². The first kappa shape index (κ1) is 15.8. The first-order chi connectivity index (χ1) is 12.7. The molecule has 0 fully saturated rings. The van der Waals surface area contributed by atoms with Gasteiger partial charge in [0.25, 0.3) is 0 Å². The molecule has 0 atom stereocenters. The van der Waals surface area contributed by atoms with E-state index in [2.05, 4.69) is 15.6 Å². The van der Waals surface area contributed by atoms with Gasteiger partial charge in [0.15, 0.2) is 0 Å². The van der Waals surface area contributed by atoms with Gasteiger partial charge in [0.1, 0.15) is 11.5 Å². The first-order valence-corrected chi connectivity index (χ1v) is 8.05. The van der Waals surface area contributed by atoms with E-state index in [0.717, 1.165) is 16.9 Å². The molecule has 26 heavy (non-hydrogen) atoms. The maximum atomic E-state index is 12.9. The third-order valence-corrected chi connectivity index (χ3v) is 3.90. The fourth-order valence-corrected chi connectivity index (χ4v) is 2.62.